The topological polar surface area (TPSA) is 106 Å². The molecule has 0 heterocycles. The van der Waals surface area contributed by atoms with Crippen molar-refractivity contribution < 1.29 is 23.9 Å². The van der Waals surface area contributed by atoms with Gasteiger partial charge in [-0.15, -0.1) is 0 Å². The molecule has 2 aromatic rings. The lowest BCUT2D eigenvalue weighted by atomic mass is 10.0. The maximum absolute atomic E-state index is 12.5. The monoisotopic (exact) mass is 425 g/mol. The maximum Gasteiger partial charge on any atom is 0.337 e. The van der Waals surface area contributed by atoms with Crippen molar-refractivity contribution in [2.75, 3.05) is 14.2 Å². The number of amides is 2. The number of nitrogens with one attached hydrogen (secondary N) is 2. The Balaban J connectivity index is 1.92. The molecule has 2 amide bonds. The summed E-state index contributed by atoms with van der Waals surface area (Å²) in [5.74, 6) is -0.528. The number of carbonyl (C=O) groups excluding carboxylic acids is 3. The molecule has 0 fully saturated rings. The predicted molar refractivity (Wildman–Crippen MR) is 117 cm³/mol. The van der Waals surface area contributed by atoms with Crippen LogP contribution < -0.4 is 15.5 Å². The highest BCUT2D eigenvalue weighted by molar-refractivity contribution is 5.91. The van der Waals surface area contributed by atoms with Gasteiger partial charge in [-0.2, -0.15) is 5.10 Å². The van der Waals surface area contributed by atoms with Crippen LogP contribution in [0.1, 0.15) is 35.3 Å². The number of esters is 1. The molecule has 0 radical (unpaired) electrons. The van der Waals surface area contributed by atoms with E-state index in [1.807, 2.05) is 13.8 Å². The first kappa shape index (κ1) is 23.6. The fourth-order valence-electron chi connectivity index (χ4n) is 2.75. The molecule has 0 bridgehead atoms. The van der Waals surface area contributed by atoms with Gasteiger partial charge in [-0.1, -0.05) is 38.1 Å². The largest absolute Gasteiger partial charge is 0.497 e. The molecule has 0 spiro atoms. The van der Waals surface area contributed by atoms with E-state index in [4.69, 9.17) is 4.74 Å². The van der Waals surface area contributed by atoms with Crippen molar-refractivity contribution in [1.29, 1.82) is 0 Å². The van der Waals surface area contributed by atoms with Crippen LogP contribution in [-0.4, -0.2) is 44.3 Å². The van der Waals surface area contributed by atoms with Gasteiger partial charge in [-0.25, -0.2) is 10.2 Å². The van der Waals surface area contributed by atoms with Crippen LogP contribution in [0.15, 0.2) is 53.6 Å². The summed E-state index contributed by atoms with van der Waals surface area (Å²) in [6, 6.07) is 13.0. The van der Waals surface area contributed by atoms with E-state index in [0.29, 0.717) is 16.9 Å². The smallest absolute Gasteiger partial charge is 0.337 e. The van der Waals surface area contributed by atoms with E-state index >= 15 is 0 Å². The molecule has 1 atom stereocenters. The molecule has 0 saturated carbocycles. The molecule has 164 valence electrons. The molecule has 2 rings (SSSR count). The van der Waals surface area contributed by atoms with E-state index in [1.165, 1.54) is 13.3 Å². The van der Waals surface area contributed by atoms with Crippen molar-refractivity contribution in [3.05, 3.63) is 65.2 Å². The van der Waals surface area contributed by atoms with Gasteiger partial charge in [0, 0.05) is 0 Å². The number of methoxy groups -OCH3 is 2. The van der Waals surface area contributed by atoms with Crippen LogP contribution in [0, 0.1) is 5.92 Å². The Morgan fingerprint density at radius 1 is 1.00 bits per heavy atom. The zero-order chi connectivity index (χ0) is 22.8. The van der Waals surface area contributed by atoms with Crippen molar-refractivity contribution in [2.24, 2.45) is 11.0 Å². The molecule has 0 aliphatic heterocycles. The Bertz CT molecular complexity index is 921. The first-order valence-corrected chi connectivity index (χ1v) is 9.77. The number of rotatable bonds is 9. The molecule has 2 aromatic carbocycles. The Morgan fingerprint density at radius 3 is 2.19 bits per heavy atom. The zero-order valence-corrected chi connectivity index (χ0v) is 18.0. The lowest BCUT2D eigenvalue weighted by molar-refractivity contribution is -0.129. The van der Waals surface area contributed by atoms with E-state index in [1.54, 1.807) is 55.6 Å². The fourth-order valence-corrected chi connectivity index (χ4v) is 2.75. The van der Waals surface area contributed by atoms with Crippen molar-refractivity contribution in [3.8, 4) is 5.75 Å². The highest BCUT2D eigenvalue weighted by Gasteiger charge is 2.24. The Hall–Kier alpha value is -3.68. The Labute approximate surface area is 181 Å². The first-order chi connectivity index (χ1) is 14.8. The second kappa shape index (κ2) is 11.5. The third kappa shape index (κ3) is 7.26. The summed E-state index contributed by atoms with van der Waals surface area (Å²) in [6.45, 7) is 3.68. The van der Waals surface area contributed by atoms with Gasteiger partial charge in [0.15, 0.2) is 0 Å². The van der Waals surface area contributed by atoms with Crippen LogP contribution in [0.25, 0.3) is 0 Å². The number of benzene rings is 2. The molecule has 2 N–H and O–H groups in total. The normalized spacial score (nSPS) is 11.8. The molecule has 0 saturated heterocycles. The van der Waals surface area contributed by atoms with Crippen LogP contribution >= 0.6 is 0 Å². The summed E-state index contributed by atoms with van der Waals surface area (Å²) in [4.78, 5) is 36.4. The predicted octanol–water partition coefficient (Wildman–Crippen LogP) is 2.32. The van der Waals surface area contributed by atoms with Crippen molar-refractivity contribution in [2.45, 2.75) is 26.3 Å². The summed E-state index contributed by atoms with van der Waals surface area (Å²) in [5, 5.41) is 6.70. The maximum atomic E-state index is 12.5. The molecular weight excluding hydrogens is 398 g/mol. The summed E-state index contributed by atoms with van der Waals surface area (Å²) in [6.07, 6.45) is 1.60. The molecular formula is C23H27N3O5. The van der Waals surface area contributed by atoms with Crippen LogP contribution in [0.4, 0.5) is 0 Å². The first-order valence-electron chi connectivity index (χ1n) is 9.77. The van der Waals surface area contributed by atoms with Crippen molar-refractivity contribution in [1.82, 2.24) is 10.7 Å². The number of carbonyl (C=O) groups is 3. The van der Waals surface area contributed by atoms with Gasteiger partial charge in [0.2, 0.25) is 5.91 Å². The minimum atomic E-state index is -0.732. The van der Waals surface area contributed by atoms with Gasteiger partial charge >= 0.3 is 5.97 Å². The average molecular weight is 425 g/mol. The minimum absolute atomic E-state index is 0.130. The van der Waals surface area contributed by atoms with Gasteiger partial charge in [-0.3, -0.25) is 9.59 Å². The SMILES string of the molecule is COC(=O)c1ccc(/C=N/NC(=O)C(NC(=O)Cc2ccc(OC)cc2)C(C)C)cc1. The lowest BCUT2D eigenvalue weighted by Gasteiger charge is -2.20. The van der Waals surface area contributed by atoms with Gasteiger partial charge in [0.05, 0.1) is 32.4 Å². The number of nitrogens with zero attached hydrogens (tertiary/aromatic N) is 1. The molecule has 0 aliphatic rings. The minimum Gasteiger partial charge on any atom is -0.497 e. The summed E-state index contributed by atoms with van der Waals surface area (Å²) >= 11 is 0. The number of hydrogen-bond acceptors (Lipinski definition) is 6. The Morgan fingerprint density at radius 2 is 1.65 bits per heavy atom. The highest BCUT2D eigenvalue weighted by atomic mass is 16.5. The van der Waals surface area contributed by atoms with Crippen molar-refractivity contribution >= 4 is 24.0 Å². The van der Waals surface area contributed by atoms with Crippen LogP contribution in [0.2, 0.25) is 0 Å². The van der Waals surface area contributed by atoms with Gasteiger partial charge in [0.1, 0.15) is 11.8 Å². The second-order valence-corrected chi connectivity index (χ2v) is 7.16. The summed E-state index contributed by atoms with van der Waals surface area (Å²) in [5.41, 5.74) is 4.38. The Kier molecular flexibility index (Phi) is 8.75. The number of ether oxygens (including phenoxy) is 2. The molecule has 8 nitrogen and oxygen atoms in total. The van der Waals surface area contributed by atoms with E-state index < -0.39 is 17.9 Å². The van der Waals surface area contributed by atoms with E-state index in [-0.39, 0.29) is 18.2 Å². The molecule has 0 aromatic heterocycles. The molecule has 8 heteroatoms. The average Bonchev–Trinajstić information content (AvgIpc) is 2.77. The van der Waals surface area contributed by atoms with E-state index in [9.17, 15) is 14.4 Å². The number of hydrazone groups is 1. The summed E-state index contributed by atoms with van der Waals surface area (Å²) in [7, 11) is 2.89. The fraction of sp³-hybridized carbons (Fsp3) is 0.304. The van der Waals surface area contributed by atoms with E-state index in [0.717, 1.165) is 5.56 Å². The molecule has 31 heavy (non-hydrogen) atoms. The third-order valence-corrected chi connectivity index (χ3v) is 4.51. The van der Waals surface area contributed by atoms with Gasteiger partial charge < -0.3 is 14.8 Å². The highest BCUT2D eigenvalue weighted by Crippen LogP contribution is 2.12. The van der Waals surface area contributed by atoms with Crippen LogP contribution in [-0.2, 0) is 20.7 Å². The standard InChI is InChI=1S/C23H27N3O5/c1-15(2)21(25-20(27)13-16-7-11-19(30-3)12-8-16)22(28)26-24-14-17-5-9-18(10-6-17)23(29)31-4/h5-12,14-15,21H,13H2,1-4H3,(H,25,27)(H,26,28)/b24-14+. The van der Waals surface area contributed by atoms with Gasteiger partial charge in [-0.05, 0) is 41.3 Å². The molecule has 0 aliphatic carbocycles. The zero-order valence-electron chi connectivity index (χ0n) is 18.0. The third-order valence-electron chi connectivity index (χ3n) is 4.51. The summed E-state index contributed by atoms with van der Waals surface area (Å²) < 4.78 is 9.75. The van der Waals surface area contributed by atoms with E-state index in [2.05, 4.69) is 20.6 Å². The van der Waals surface area contributed by atoms with Crippen molar-refractivity contribution in [3.63, 3.8) is 0 Å². The molecule has 1 unspecified atom stereocenters. The second-order valence-electron chi connectivity index (χ2n) is 7.16. The lowest BCUT2D eigenvalue weighted by Crippen LogP contribution is -2.49. The number of hydrogen-bond donors (Lipinski definition) is 2. The van der Waals surface area contributed by atoms with Crippen LogP contribution in [0.3, 0.4) is 0 Å². The quantitative estimate of drug-likeness (QED) is 0.364. The van der Waals surface area contributed by atoms with Gasteiger partial charge in [0.25, 0.3) is 5.91 Å². The van der Waals surface area contributed by atoms with Crippen LogP contribution in [0.5, 0.6) is 5.75 Å².